The Balaban J connectivity index is 2.04. The predicted molar refractivity (Wildman–Crippen MR) is 88.1 cm³/mol. The number of aromatic carboxylic acids is 1. The number of aromatic nitrogens is 1. The molecule has 0 spiro atoms. The Bertz CT molecular complexity index is 761. The SMILES string of the molecule is Cc1c(C(=O)O)cc(-c2ccc(F)c(F)c2)n1CC1CCCCC1. The predicted octanol–water partition coefficient (Wildman–Crippen LogP) is 5.02. The molecule has 3 nitrogen and oxygen atoms in total. The van der Waals surface area contributed by atoms with E-state index >= 15 is 0 Å². The van der Waals surface area contributed by atoms with Crippen molar-refractivity contribution in [3.05, 3.63) is 47.2 Å². The standard InChI is InChI=1S/C19H21F2NO2/c1-12-15(19(23)24)10-18(14-7-8-16(20)17(21)9-14)22(12)11-13-5-3-2-4-6-13/h7-10,13H,2-6,11H2,1H3,(H,23,24). The molecule has 0 unspecified atom stereocenters. The maximum Gasteiger partial charge on any atom is 0.337 e. The third-order valence-corrected chi connectivity index (χ3v) is 4.98. The molecular weight excluding hydrogens is 312 g/mol. The summed E-state index contributed by atoms with van der Waals surface area (Å²) in [6, 6.07) is 5.27. The molecule has 0 amide bonds. The van der Waals surface area contributed by atoms with Gasteiger partial charge in [-0.3, -0.25) is 0 Å². The highest BCUT2D eigenvalue weighted by Crippen LogP contribution is 2.31. The van der Waals surface area contributed by atoms with Crippen molar-refractivity contribution in [2.45, 2.75) is 45.6 Å². The van der Waals surface area contributed by atoms with Crippen molar-refractivity contribution in [1.82, 2.24) is 4.57 Å². The number of nitrogens with zero attached hydrogens (tertiary/aromatic N) is 1. The second kappa shape index (κ2) is 6.75. The molecular formula is C19H21F2NO2. The molecule has 0 atom stereocenters. The Hall–Kier alpha value is -2.17. The minimum Gasteiger partial charge on any atom is -0.478 e. The van der Waals surface area contributed by atoms with Gasteiger partial charge in [0.25, 0.3) is 0 Å². The van der Waals surface area contributed by atoms with E-state index in [1.54, 1.807) is 13.0 Å². The van der Waals surface area contributed by atoms with Crippen LogP contribution in [0.5, 0.6) is 0 Å². The van der Waals surface area contributed by atoms with Crippen LogP contribution in [-0.4, -0.2) is 15.6 Å². The van der Waals surface area contributed by atoms with Crippen LogP contribution in [0.3, 0.4) is 0 Å². The lowest BCUT2D eigenvalue weighted by atomic mass is 9.89. The Morgan fingerprint density at radius 1 is 1.17 bits per heavy atom. The first kappa shape index (κ1) is 16.7. The molecule has 0 radical (unpaired) electrons. The highest BCUT2D eigenvalue weighted by Gasteiger charge is 2.22. The molecule has 1 aliphatic rings. The monoisotopic (exact) mass is 333 g/mol. The van der Waals surface area contributed by atoms with E-state index < -0.39 is 17.6 Å². The molecule has 1 N–H and O–H groups in total. The van der Waals surface area contributed by atoms with E-state index in [9.17, 15) is 18.7 Å². The molecule has 1 heterocycles. The highest BCUT2D eigenvalue weighted by molar-refractivity contribution is 5.91. The van der Waals surface area contributed by atoms with E-state index in [-0.39, 0.29) is 5.56 Å². The van der Waals surface area contributed by atoms with Crippen LogP contribution in [0.1, 0.15) is 48.2 Å². The van der Waals surface area contributed by atoms with Gasteiger partial charge in [-0.25, -0.2) is 13.6 Å². The summed E-state index contributed by atoms with van der Waals surface area (Å²) < 4.78 is 28.8. The quantitative estimate of drug-likeness (QED) is 0.853. The van der Waals surface area contributed by atoms with E-state index in [0.29, 0.717) is 29.4 Å². The van der Waals surface area contributed by atoms with Crippen molar-refractivity contribution < 1.29 is 18.7 Å². The van der Waals surface area contributed by atoms with Crippen molar-refractivity contribution in [2.24, 2.45) is 5.92 Å². The van der Waals surface area contributed by atoms with Gasteiger partial charge in [0, 0.05) is 23.5 Å². The summed E-state index contributed by atoms with van der Waals surface area (Å²) in [6.07, 6.45) is 5.88. The number of carboxylic acids is 1. The average Bonchev–Trinajstić information content (AvgIpc) is 2.88. The fourth-order valence-electron chi connectivity index (χ4n) is 3.62. The van der Waals surface area contributed by atoms with Gasteiger partial charge in [-0.05, 0) is 49.9 Å². The minimum atomic E-state index is -1.00. The first-order valence-electron chi connectivity index (χ1n) is 8.36. The van der Waals surface area contributed by atoms with Crippen LogP contribution in [-0.2, 0) is 6.54 Å². The van der Waals surface area contributed by atoms with Crippen molar-refractivity contribution in [3.8, 4) is 11.3 Å². The lowest BCUT2D eigenvalue weighted by Crippen LogP contribution is -2.16. The molecule has 1 aliphatic carbocycles. The molecule has 24 heavy (non-hydrogen) atoms. The van der Waals surface area contributed by atoms with Crippen molar-refractivity contribution in [1.29, 1.82) is 0 Å². The number of hydrogen-bond acceptors (Lipinski definition) is 1. The molecule has 128 valence electrons. The Labute approximate surface area is 139 Å². The number of carbonyl (C=O) groups is 1. The summed E-state index contributed by atoms with van der Waals surface area (Å²) in [5.74, 6) is -2.33. The topological polar surface area (TPSA) is 42.2 Å². The molecule has 5 heteroatoms. The minimum absolute atomic E-state index is 0.213. The maximum atomic E-state index is 13.6. The van der Waals surface area contributed by atoms with Crippen molar-refractivity contribution >= 4 is 5.97 Å². The number of hydrogen-bond donors (Lipinski definition) is 1. The summed E-state index contributed by atoms with van der Waals surface area (Å²) in [7, 11) is 0. The van der Waals surface area contributed by atoms with Crippen LogP contribution in [0.25, 0.3) is 11.3 Å². The van der Waals surface area contributed by atoms with Gasteiger partial charge in [0.15, 0.2) is 11.6 Å². The molecule has 0 saturated heterocycles. The van der Waals surface area contributed by atoms with Gasteiger partial charge in [-0.2, -0.15) is 0 Å². The number of benzene rings is 1. The second-order valence-electron chi connectivity index (χ2n) is 6.58. The van der Waals surface area contributed by atoms with Gasteiger partial charge in [0.05, 0.1) is 5.56 Å². The van der Waals surface area contributed by atoms with E-state index in [1.165, 1.54) is 25.3 Å². The fourth-order valence-corrected chi connectivity index (χ4v) is 3.62. The Kier molecular flexibility index (Phi) is 4.69. The van der Waals surface area contributed by atoms with E-state index in [2.05, 4.69) is 0 Å². The maximum absolute atomic E-state index is 13.6. The van der Waals surface area contributed by atoms with Gasteiger partial charge in [-0.1, -0.05) is 19.3 Å². The third kappa shape index (κ3) is 3.21. The van der Waals surface area contributed by atoms with E-state index in [4.69, 9.17) is 0 Å². The molecule has 1 saturated carbocycles. The number of carboxylic acid groups (broad SMARTS) is 1. The first-order valence-corrected chi connectivity index (χ1v) is 8.36. The fraction of sp³-hybridized carbons (Fsp3) is 0.421. The lowest BCUT2D eigenvalue weighted by Gasteiger charge is -2.24. The summed E-state index contributed by atoms with van der Waals surface area (Å²) in [5, 5.41) is 9.41. The van der Waals surface area contributed by atoms with Crippen molar-refractivity contribution in [2.75, 3.05) is 0 Å². The molecule has 1 aromatic carbocycles. The smallest absolute Gasteiger partial charge is 0.337 e. The molecule has 1 aromatic heterocycles. The van der Waals surface area contributed by atoms with Gasteiger partial charge in [-0.15, -0.1) is 0 Å². The van der Waals surface area contributed by atoms with Crippen LogP contribution in [0.15, 0.2) is 24.3 Å². The Morgan fingerprint density at radius 3 is 2.50 bits per heavy atom. The van der Waals surface area contributed by atoms with E-state index in [1.807, 2.05) is 4.57 Å². The van der Waals surface area contributed by atoms with E-state index in [0.717, 1.165) is 25.0 Å². The van der Waals surface area contributed by atoms with Crippen LogP contribution in [0.4, 0.5) is 8.78 Å². The van der Waals surface area contributed by atoms with Gasteiger partial charge < -0.3 is 9.67 Å². The first-order chi connectivity index (χ1) is 11.5. The summed E-state index contributed by atoms with van der Waals surface area (Å²) >= 11 is 0. The van der Waals surface area contributed by atoms with Crippen LogP contribution >= 0.6 is 0 Å². The zero-order valence-electron chi connectivity index (χ0n) is 13.7. The van der Waals surface area contributed by atoms with Gasteiger partial charge in [0.2, 0.25) is 0 Å². The normalized spacial score (nSPS) is 15.6. The summed E-state index contributed by atoms with van der Waals surface area (Å²) in [6.45, 7) is 2.49. The van der Waals surface area contributed by atoms with Crippen molar-refractivity contribution in [3.63, 3.8) is 0 Å². The van der Waals surface area contributed by atoms with Crippen LogP contribution < -0.4 is 0 Å². The summed E-state index contributed by atoms with van der Waals surface area (Å²) in [5.41, 5.74) is 2.01. The summed E-state index contributed by atoms with van der Waals surface area (Å²) in [4.78, 5) is 11.5. The zero-order chi connectivity index (χ0) is 17.3. The van der Waals surface area contributed by atoms with Crippen LogP contribution in [0.2, 0.25) is 0 Å². The van der Waals surface area contributed by atoms with Gasteiger partial charge >= 0.3 is 5.97 Å². The largest absolute Gasteiger partial charge is 0.478 e. The number of rotatable bonds is 4. The molecule has 3 rings (SSSR count). The lowest BCUT2D eigenvalue weighted by molar-refractivity contribution is 0.0696. The molecule has 0 aliphatic heterocycles. The van der Waals surface area contributed by atoms with Gasteiger partial charge in [0.1, 0.15) is 0 Å². The van der Waals surface area contributed by atoms with Crippen LogP contribution in [0, 0.1) is 24.5 Å². The second-order valence-corrected chi connectivity index (χ2v) is 6.58. The third-order valence-electron chi connectivity index (χ3n) is 4.98. The molecule has 2 aromatic rings. The number of halogens is 2. The average molecular weight is 333 g/mol. The molecule has 1 fully saturated rings. The Morgan fingerprint density at radius 2 is 1.88 bits per heavy atom. The highest BCUT2D eigenvalue weighted by atomic mass is 19.2. The zero-order valence-corrected chi connectivity index (χ0v) is 13.7. The molecule has 0 bridgehead atoms.